The van der Waals surface area contributed by atoms with Crippen molar-refractivity contribution in [2.45, 2.75) is 38.0 Å². The largest absolute Gasteiger partial charge is 0.341 e. The molecule has 0 bridgehead atoms. The summed E-state index contributed by atoms with van der Waals surface area (Å²) in [6.45, 7) is 0.945. The topological polar surface area (TPSA) is 20.3 Å². The molecule has 2 nitrogen and oxygen atoms in total. The van der Waals surface area contributed by atoms with Gasteiger partial charge < -0.3 is 4.90 Å². The fraction of sp³-hybridized carbons (Fsp3) is 0.643. The Morgan fingerprint density at radius 1 is 1.41 bits per heavy atom. The van der Waals surface area contributed by atoms with Crippen molar-refractivity contribution >= 4 is 17.2 Å². The lowest BCUT2D eigenvalue weighted by Crippen LogP contribution is -2.34. The van der Waals surface area contributed by atoms with Crippen LogP contribution in [0.5, 0.6) is 0 Å². The molecule has 0 aliphatic heterocycles. The average Bonchev–Trinajstić information content (AvgIpc) is 3.00. The van der Waals surface area contributed by atoms with Crippen LogP contribution in [0.15, 0.2) is 11.4 Å². The molecule has 1 amide bonds. The van der Waals surface area contributed by atoms with E-state index < -0.39 is 0 Å². The van der Waals surface area contributed by atoms with Gasteiger partial charge in [0, 0.05) is 13.6 Å². The van der Waals surface area contributed by atoms with E-state index in [0.29, 0.717) is 5.92 Å². The molecule has 92 valence electrons. The summed E-state index contributed by atoms with van der Waals surface area (Å²) in [6.07, 6.45) is 6.49. The van der Waals surface area contributed by atoms with Crippen molar-refractivity contribution in [3.8, 4) is 0 Å². The molecule has 1 aromatic heterocycles. The molecule has 0 saturated heterocycles. The first kappa shape index (κ1) is 11.3. The predicted molar refractivity (Wildman–Crippen MR) is 70.6 cm³/mol. The number of amides is 1. The molecule has 17 heavy (non-hydrogen) atoms. The molecule has 3 rings (SSSR count). The smallest absolute Gasteiger partial charge is 0.263 e. The number of thiophene rings is 1. The number of carbonyl (C=O) groups is 1. The number of carbonyl (C=O) groups excluding carboxylic acids is 1. The average molecular weight is 249 g/mol. The van der Waals surface area contributed by atoms with Crippen molar-refractivity contribution in [2.24, 2.45) is 5.92 Å². The van der Waals surface area contributed by atoms with E-state index in [2.05, 4.69) is 11.4 Å². The zero-order valence-corrected chi connectivity index (χ0v) is 11.1. The fourth-order valence-electron chi connectivity index (χ4n) is 2.53. The van der Waals surface area contributed by atoms with Crippen LogP contribution in [0.4, 0.5) is 0 Å². The molecule has 0 spiro atoms. The molecule has 1 heterocycles. The first-order valence-corrected chi connectivity index (χ1v) is 7.46. The number of hydrogen-bond donors (Lipinski definition) is 0. The summed E-state index contributed by atoms with van der Waals surface area (Å²) < 4.78 is 0. The molecule has 1 aromatic rings. The first-order valence-electron chi connectivity index (χ1n) is 6.58. The lowest BCUT2D eigenvalue weighted by Gasteiger charge is -2.30. The molecule has 2 fully saturated rings. The van der Waals surface area contributed by atoms with Crippen LogP contribution in [0, 0.1) is 5.92 Å². The number of hydrogen-bond acceptors (Lipinski definition) is 2. The molecule has 0 unspecified atom stereocenters. The zero-order valence-electron chi connectivity index (χ0n) is 10.3. The van der Waals surface area contributed by atoms with Gasteiger partial charge >= 0.3 is 0 Å². The van der Waals surface area contributed by atoms with Crippen molar-refractivity contribution in [3.05, 3.63) is 21.9 Å². The molecular formula is C14H19NOS. The molecule has 0 N–H and O–H groups in total. The highest BCUT2D eigenvalue weighted by molar-refractivity contribution is 7.12. The van der Waals surface area contributed by atoms with E-state index in [4.69, 9.17) is 0 Å². The minimum atomic E-state index is 0.244. The lowest BCUT2D eigenvalue weighted by atomic mass is 9.85. The van der Waals surface area contributed by atoms with Gasteiger partial charge in [-0.2, -0.15) is 0 Å². The van der Waals surface area contributed by atoms with Gasteiger partial charge in [0.05, 0.1) is 4.88 Å². The monoisotopic (exact) mass is 249 g/mol. The molecule has 3 heteroatoms. The van der Waals surface area contributed by atoms with E-state index in [-0.39, 0.29) is 5.91 Å². The molecular weight excluding hydrogens is 230 g/mol. The highest BCUT2D eigenvalue weighted by Crippen LogP contribution is 2.43. The maximum absolute atomic E-state index is 12.4. The normalized spacial score (nSPS) is 20.1. The maximum atomic E-state index is 12.4. The van der Waals surface area contributed by atoms with E-state index in [1.807, 2.05) is 11.9 Å². The van der Waals surface area contributed by atoms with Crippen LogP contribution in [0.25, 0.3) is 0 Å². The van der Waals surface area contributed by atoms with Gasteiger partial charge in [0.15, 0.2) is 0 Å². The first-order chi connectivity index (χ1) is 8.25. The number of rotatable bonds is 4. The fourth-order valence-corrected chi connectivity index (χ4v) is 3.51. The maximum Gasteiger partial charge on any atom is 0.263 e. The number of nitrogens with zero attached hydrogens (tertiary/aromatic N) is 1. The minimum absolute atomic E-state index is 0.244. The third-order valence-corrected chi connectivity index (χ3v) is 4.93. The Hall–Kier alpha value is -0.830. The second-order valence-electron chi connectivity index (χ2n) is 5.46. The van der Waals surface area contributed by atoms with Crippen LogP contribution in [0.1, 0.15) is 53.3 Å². The van der Waals surface area contributed by atoms with Gasteiger partial charge in [0.25, 0.3) is 5.91 Å². The molecule has 0 aromatic carbocycles. The lowest BCUT2D eigenvalue weighted by molar-refractivity contribution is 0.0749. The van der Waals surface area contributed by atoms with Crippen molar-refractivity contribution in [2.75, 3.05) is 13.6 Å². The van der Waals surface area contributed by atoms with Crippen LogP contribution in [0.3, 0.4) is 0 Å². The molecule has 2 saturated carbocycles. The van der Waals surface area contributed by atoms with E-state index >= 15 is 0 Å². The Labute approximate surface area is 107 Å². The quantitative estimate of drug-likeness (QED) is 0.800. The van der Waals surface area contributed by atoms with Crippen molar-refractivity contribution < 1.29 is 4.79 Å². The molecule has 2 aliphatic carbocycles. The summed E-state index contributed by atoms with van der Waals surface area (Å²) in [5.74, 6) is 1.68. The van der Waals surface area contributed by atoms with Crippen LogP contribution < -0.4 is 0 Å². The van der Waals surface area contributed by atoms with E-state index in [1.54, 1.807) is 11.3 Å². The van der Waals surface area contributed by atoms with Gasteiger partial charge in [-0.1, -0.05) is 6.42 Å². The Kier molecular flexibility index (Phi) is 2.95. The Morgan fingerprint density at radius 2 is 2.18 bits per heavy atom. The highest BCUT2D eigenvalue weighted by atomic mass is 32.1. The van der Waals surface area contributed by atoms with Gasteiger partial charge in [0.1, 0.15) is 0 Å². The SMILES string of the molecule is CN(CC1CCC1)C(=O)c1sccc1C1CC1. The van der Waals surface area contributed by atoms with Gasteiger partial charge in [-0.05, 0) is 54.5 Å². The standard InChI is InChI=1S/C14H19NOS/c1-15(9-10-3-2-4-10)14(16)13-12(7-8-17-13)11-5-6-11/h7-8,10-11H,2-6,9H2,1H3. The third kappa shape index (κ3) is 2.25. The van der Waals surface area contributed by atoms with Crippen molar-refractivity contribution in [3.63, 3.8) is 0 Å². The van der Waals surface area contributed by atoms with Gasteiger partial charge in [-0.3, -0.25) is 4.79 Å². The summed E-state index contributed by atoms with van der Waals surface area (Å²) in [4.78, 5) is 15.3. The van der Waals surface area contributed by atoms with Gasteiger partial charge in [-0.15, -0.1) is 11.3 Å². The summed E-state index contributed by atoms with van der Waals surface area (Å²) in [5.41, 5.74) is 1.31. The summed E-state index contributed by atoms with van der Waals surface area (Å²) in [6, 6.07) is 2.15. The Bertz CT molecular complexity index is 418. The Balaban J connectivity index is 1.68. The molecule has 0 atom stereocenters. The van der Waals surface area contributed by atoms with Gasteiger partial charge in [-0.25, -0.2) is 0 Å². The summed E-state index contributed by atoms with van der Waals surface area (Å²) in [7, 11) is 1.96. The van der Waals surface area contributed by atoms with Crippen molar-refractivity contribution in [1.82, 2.24) is 4.90 Å². The van der Waals surface area contributed by atoms with Crippen LogP contribution in [0.2, 0.25) is 0 Å². The van der Waals surface area contributed by atoms with E-state index in [9.17, 15) is 4.79 Å². The molecule has 0 radical (unpaired) electrons. The molecule has 2 aliphatic rings. The second-order valence-corrected chi connectivity index (χ2v) is 6.38. The van der Waals surface area contributed by atoms with Gasteiger partial charge in [0.2, 0.25) is 0 Å². The second kappa shape index (κ2) is 4.45. The highest BCUT2D eigenvalue weighted by Gasteiger charge is 2.30. The predicted octanol–water partition coefficient (Wildman–Crippen LogP) is 3.50. The van der Waals surface area contributed by atoms with Crippen LogP contribution >= 0.6 is 11.3 Å². The zero-order chi connectivity index (χ0) is 11.8. The van der Waals surface area contributed by atoms with E-state index in [0.717, 1.165) is 17.3 Å². The van der Waals surface area contributed by atoms with Crippen LogP contribution in [-0.2, 0) is 0 Å². The van der Waals surface area contributed by atoms with Crippen molar-refractivity contribution in [1.29, 1.82) is 0 Å². The van der Waals surface area contributed by atoms with E-state index in [1.165, 1.54) is 37.7 Å². The summed E-state index contributed by atoms with van der Waals surface area (Å²) >= 11 is 1.62. The minimum Gasteiger partial charge on any atom is -0.341 e. The van der Waals surface area contributed by atoms with Crippen LogP contribution in [-0.4, -0.2) is 24.4 Å². The third-order valence-electron chi connectivity index (χ3n) is 4.01. The Morgan fingerprint density at radius 3 is 2.76 bits per heavy atom. The summed E-state index contributed by atoms with van der Waals surface area (Å²) in [5, 5.41) is 2.07.